The van der Waals surface area contributed by atoms with Gasteiger partial charge in [-0.05, 0) is 56.4 Å². The molecule has 6 nitrogen and oxygen atoms in total. The summed E-state index contributed by atoms with van der Waals surface area (Å²) >= 11 is 8.80. The molecule has 1 saturated heterocycles. The van der Waals surface area contributed by atoms with Gasteiger partial charge in [0.15, 0.2) is 0 Å². The quantitative estimate of drug-likeness (QED) is 0.195. The van der Waals surface area contributed by atoms with Crippen LogP contribution in [0.25, 0.3) is 0 Å². The van der Waals surface area contributed by atoms with Gasteiger partial charge in [-0.3, -0.25) is 14.8 Å². The third kappa shape index (κ3) is 14.6. The monoisotopic (exact) mass is 749 g/mol. The molecule has 1 N–H and O–H groups in total. The third-order valence-electron chi connectivity index (χ3n) is 7.66. The normalized spacial score (nSPS) is 16.4. The van der Waals surface area contributed by atoms with Gasteiger partial charge in [-0.2, -0.15) is 0 Å². The van der Waals surface area contributed by atoms with Gasteiger partial charge in [0, 0.05) is 71.5 Å². The number of amidine groups is 1. The number of aliphatic imine (C=N–C) groups is 2. The average Bonchev–Trinajstić information content (AvgIpc) is 3.78. The number of hydrogen-bond acceptors (Lipinski definition) is 7. The van der Waals surface area contributed by atoms with E-state index in [1.165, 1.54) is 48.9 Å². The molecule has 0 aliphatic carbocycles. The summed E-state index contributed by atoms with van der Waals surface area (Å²) in [6, 6.07) is 5.79. The van der Waals surface area contributed by atoms with Crippen molar-refractivity contribution >= 4 is 52.2 Å². The van der Waals surface area contributed by atoms with Crippen LogP contribution in [0.4, 0.5) is 13.2 Å². The second-order valence-electron chi connectivity index (χ2n) is 11.5. The Bertz CT molecular complexity index is 1480. The molecule has 12 heteroatoms. The van der Waals surface area contributed by atoms with Crippen LogP contribution < -0.4 is 5.32 Å². The molecule has 1 aromatic carbocycles. The lowest BCUT2D eigenvalue weighted by atomic mass is 9.99. The van der Waals surface area contributed by atoms with Crippen molar-refractivity contribution in [3.05, 3.63) is 97.6 Å². The number of nitrogens with one attached hydrogen (secondary N) is 1. The molecule has 1 fully saturated rings. The molecule has 50 heavy (non-hydrogen) atoms. The molecule has 1 unspecified atom stereocenters. The van der Waals surface area contributed by atoms with E-state index in [1.807, 2.05) is 44.5 Å². The highest BCUT2D eigenvalue weighted by Crippen LogP contribution is 2.34. The Morgan fingerprint density at radius 1 is 1.22 bits per heavy atom. The average molecular weight is 750 g/mol. The number of thiazole rings is 1. The molecule has 1 amide bonds. The Kier molecular flexibility index (Phi) is 20.7. The maximum Gasteiger partial charge on any atom is 0.242 e. The number of halogens is 4. The number of carbonyl (C=O) groups is 1. The Hall–Kier alpha value is -3.15. The van der Waals surface area contributed by atoms with Crippen LogP contribution in [0.15, 0.2) is 91.7 Å². The van der Waals surface area contributed by atoms with Crippen molar-refractivity contribution in [1.29, 1.82) is 0 Å². The lowest BCUT2D eigenvalue weighted by Crippen LogP contribution is -2.39. The Balaban J connectivity index is 0.000000350. The smallest absolute Gasteiger partial charge is 0.242 e. The second-order valence-corrected chi connectivity index (χ2v) is 13.8. The maximum atomic E-state index is 12.5. The van der Waals surface area contributed by atoms with Gasteiger partial charge in [0.2, 0.25) is 12.3 Å². The lowest BCUT2D eigenvalue weighted by Gasteiger charge is -2.29. The second kappa shape index (κ2) is 24.1. The zero-order valence-electron chi connectivity index (χ0n) is 30.0. The Labute approximate surface area is 309 Å². The summed E-state index contributed by atoms with van der Waals surface area (Å²) in [5.41, 5.74) is 2.62. The number of thioether (sulfide) groups is 1. The largest absolute Gasteiger partial charge is 0.351 e. The van der Waals surface area contributed by atoms with E-state index in [-0.39, 0.29) is 24.2 Å². The molecule has 274 valence electrons. The number of carbonyl (C=O) groups excluding carboxylic acids is 1. The Morgan fingerprint density at radius 3 is 2.48 bits per heavy atom. The summed E-state index contributed by atoms with van der Waals surface area (Å²) < 4.78 is 37.2. The van der Waals surface area contributed by atoms with Gasteiger partial charge < -0.3 is 10.2 Å². The first-order chi connectivity index (χ1) is 24.1. The van der Waals surface area contributed by atoms with Gasteiger partial charge >= 0.3 is 0 Å². The van der Waals surface area contributed by atoms with Crippen molar-refractivity contribution in [2.75, 3.05) is 20.1 Å². The first kappa shape index (κ1) is 43.0. The summed E-state index contributed by atoms with van der Waals surface area (Å²) in [5.74, 6) is 1.31. The minimum absolute atomic E-state index is 0.0104. The first-order valence-corrected chi connectivity index (χ1v) is 19.3. The highest BCUT2D eigenvalue weighted by atomic mass is 35.5. The van der Waals surface area contributed by atoms with E-state index in [9.17, 15) is 18.0 Å². The van der Waals surface area contributed by atoms with E-state index in [1.54, 1.807) is 48.4 Å². The van der Waals surface area contributed by atoms with Crippen LogP contribution in [0.3, 0.4) is 0 Å². The van der Waals surface area contributed by atoms with Gasteiger partial charge in [0.05, 0.1) is 23.3 Å². The van der Waals surface area contributed by atoms with Crippen LogP contribution in [0.2, 0.25) is 5.02 Å². The van der Waals surface area contributed by atoms with E-state index in [0.717, 1.165) is 27.9 Å². The molecule has 2 aliphatic rings. The zero-order chi connectivity index (χ0) is 36.9. The molecular weight excluding hydrogens is 699 g/mol. The van der Waals surface area contributed by atoms with Crippen LogP contribution in [-0.2, 0) is 4.79 Å². The third-order valence-corrected chi connectivity index (χ3v) is 9.91. The molecule has 2 aromatic rings. The fourth-order valence-electron chi connectivity index (χ4n) is 5.40. The standard InChI is InChI=1S/C22H30F2N4OS.C10H17NS.C6H4ClF/c1-5-11-30-19(6-2)22-26-13-16(17(25-4)9-8-10-20(23)24)18-12-15(14-28(18)22)27-21(29)7-3;1-3-5-9(6-4-2)10-11-7-8-12-10;7-5-2-1-3-6(8)4-5/h5-6,8-9,11,15,20H,7,10,12-14H2,1-4H3,(H,27,29);7-9H,3-6H2,1-2H3;1-4H/b9-8-,11-5-,19-6?,25-17?;;. The zero-order valence-corrected chi connectivity index (χ0v) is 32.4. The number of hydrogen-bond donors (Lipinski definition) is 1. The number of aromatic nitrogens is 1. The minimum atomic E-state index is -2.38. The minimum Gasteiger partial charge on any atom is -0.351 e. The van der Waals surface area contributed by atoms with Crippen molar-refractivity contribution < 1.29 is 18.0 Å². The van der Waals surface area contributed by atoms with E-state index in [4.69, 9.17) is 16.6 Å². The van der Waals surface area contributed by atoms with Crippen molar-refractivity contribution in [2.24, 2.45) is 9.98 Å². The molecule has 3 heterocycles. The topological polar surface area (TPSA) is 70.0 Å². The number of allylic oxidation sites excluding steroid dienone is 4. The highest BCUT2D eigenvalue weighted by Gasteiger charge is 2.36. The van der Waals surface area contributed by atoms with E-state index in [0.29, 0.717) is 36.7 Å². The predicted molar refractivity (Wildman–Crippen MR) is 208 cm³/mol. The van der Waals surface area contributed by atoms with Crippen LogP contribution >= 0.6 is 34.7 Å². The van der Waals surface area contributed by atoms with Gasteiger partial charge in [-0.25, -0.2) is 18.2 Å². The van der Waals surface area contributed by atoms with Gasteiger partial charge in [-0.1, -0.05) is 81.3 Å². The summed E-state index contributed by atoms with van der Waals surface area (Å²) in [4.78, 5) is 28.6. The lowest BCUT2D eigenvalue weighted by molar-refractivity contribution is -0.121. The molecular formula is C38H51ClF3N5OS2. The van der Waals surface area contributed by atoms with E-state index < -0.39 is 6.43 Å². The van der Waals surface area contributed by atoms with Crippen molar-refractivity contribution in [3.8, 4) is 0 Å². The van der Waals surface area contributed by atoms with Crippen molar-refractivity contribution in [2.45, 2.75) is 97.9 Å². The van der Waals surface area contributed by atoms with Crippen molar-refractivity contribution in [3.63, 3.8) is 0 Å². The number of nitrogens with zero attached hydrogens (tertiary/aromatic N) is 4. The Morgan fingerprint density at radius 2 is 1.96 bits per heavy atom. The van der Waals surface area contributed by atoms with Crippen LogP contribution in [0.5, 0.6) is 0 Å². The molecule has 0 bridgehead atoms. The fourth-order valence-corrected chi connectivity index (χ4v) is 7.09. The number of benzene rings is 1. The van der Waals surface area contributed by atoms with Crippen LogP contribution in [0.1, 0.15) is 90.5 Å². The molecule has 2 aliphatic heterocycles. The summed E-state index contributed by atoms with van der Waals surface area (Å²) in [6.45, 7) is 11.3. The summed E-state index contributed by atoms with van der Waals surface area (Å²) in [7, 11) is 1.66. The predicted octanol–water partition coefficient (Wildman–Crippen LogP) is 11.0. The number of alkyl halides is 2. The number of fused-ring (bicyclic) bond motifs is 1. The van der Waals surface area contributed by atoms with Crippen molar-refractivity contribution in [1.82, 2.24) is 15.2 Å². The maximum absolute atomic E-state index is 12.5. The molecule has 1 aromatic heterocycles. The first-order valence-electron chi connectivity index (χ1n) is 17.1. The SMILES string of the molecule is CC=C(S/C=C\C)C1=NCC(C(/C=C\CC(F)F)=NC)=C2CC(NC(=O)CC)CN12.CCCC(CCC)c1nccs1.Fc1cccc(Cl)c1. The molecule has 0 radical (unpaired) electrons. The van der Waals surface area contributed by atoms with E-state index >= 15 is 0 Å². The van der Waals surface area contributed by atoms with Crippen LogP contribution in [0, 0.1) is 5.82 Å². The molecule has 0 spiro atoms. The highest BCUT2D eigenvalue weighted by molar-refractivity contribution is 8.06. The van der Waals surface area contributed by atoms with Gasteiger partial charge in [0.25, 0.3) is 0 Å². The van der Waals surface area contributed by atoms with Gasteiger partial charge in [0.1, 0.15) is 11.7 Å². The fraction of sp³-hybridized carbons (Fsp3) is 0.474. The molecule has 4 rings (SSSR count). The van der Waals surface area contributed by atoms with Crippen LogP contribution in [-0.4, -0.2) is 59.9 Å². The number of rotatable bonds is 14. The summed E-state index contributed by atoms with van der Waals surface area (Å²) in [6.07, 6.45) is 12.5. The van der Waals surface area contributed by atoms with Gasteiger partial charge in [-0.15, -0.1) is 11.3 Å². The number of amides is 1. The van der Waals surface area contributed by atoms with E-state index in [2.05, 4.69) is 39.4 Å². The molecule has 0 saturated carbocycles. The molecule has 1 atom stereocenters. The summed E-state index contributed by atoms with van der Waals surface area (Å²) in [5, 5.41) is 8.93.